The fraction of sp³-hybridized carbons (Fsp3) is 0.269. The number of amides is 2. The third kappa shape index (κ3) is 5.33. The molecule has 0 saturated heterocycles. The van der Waals surface area contributed by atoms with E-state index in [-0.39, 0.29) is 10.9 Å². The summed E-state index contributed by atoms with van der Waals surface area (Å²) in [4.78, 5) is 12.7. The normalized spacial score (nSPS) is 12.9. The summed E-state index contributed by atoms with van der Waals surface area (Å²) in [6, 6.07) is 16.7. The Labute approximate surface area is 211 Å². The number of benzene rings is 3. The average Bonchev–Trinajstić information content (AvgIpc) is 2.91. The van der Waals surface area contributed by atoms with Crippen LogP contribution in [0, 0.1) is 0 Å². The summed E-state index contributed by atoms with van der Waals surface area (Å²) in [5.41, 5.74) is 2.92. The molecule has 4 rings (SSSR count). The number of nitrogens with zero attached hydrogens (tertiary/aromatic N) is 1. The molecule has 36 heavy (non-hydrogen) atoms. The molecule has 3 aromatic carbocycles. The Bertz CT molecular complexity index is 1340. The Balaban J connectivity index is 1.45. The van der Waals surface area contributed by atoms with Gasteiger partial charge in [0.25, 0.3) is 10.0 Å². The lowest BCUT2D eigenvalue weighted by atomic mass is 10.0. The van der Waals surface area contributed by atoms with Gasteiger partial charge in [0, 0.05) is 18.8 Å². The zero-order valence-electron chi connectivity index (χ0n) is 20.4. The minimum Gasteiger partial charge on any atom is -0.497 e. The summed E-state index contributed by atoms with van der Waals surface area (Å²) in [6.45, 7) is 0.685. The molecular weight excluding hydrogens is 482 g/mol. The predicted octanol–water partition coefficient (Wildman–Crippen LogP) is 4.18. The van der Waals surface area contributed by atoms with Gasteiger partial charge in [-0.15, -0.1) is 0 Å². The highest BCUT2D eigenvalue weighted by Crippen LogP contribution is 2.34. The van der Waals surface area contributed by atoms with Crippen LogP contribution >= 0.6 is 0 Å². The Morgan fingerprint density at radius 3 is 2.36 bits per heavy atom. The van der Waals surface area contributed by atoms with E-state index < -0.39 is 10.0 Å². The van der Waals surface area contributed by atoms with Crippen molar-refractivity contribution >= 4 is 27.4 Å². The maximum absolute atomic E-state index is 13.3. The van der Waals surface area contributed by atoms with E-state index in [1.165, 1.54) is 11.4 Å². The molecule has 0 atom stereocenters. The van der Waals surface area contributed by atoms with Crippen LogP contribution in [-0.4, -0.2) is 42.3 Å². The van der Waals surface area contributed by atoms with E-state index in [1.54, 1.807) is 62.8 Å². The van der Waals surface area contributed by atoms with Crippen LogP contribution in [0.3, 0.4) is 0 Å². The number of sulfonamides is 1. The van der Waals surface area contributed by atoms with Crippen LogP contribution in [0.1, 0.15) is 17.5 Å². The Hall–Kier alpha value is -3.92. The molecule has 0 spiro atoms. The third-order valence-electron chi connectivity index (χ3n) is 5.96. The Morgan fingerprint density at radius 2 is 1.67 bits per heavy atom. The second-order valence-corrected chi connectivity index (χ2v) is 10.1. The van der Waals surface area contributed by atoms with Crippen LogP contribution < -0.4 is 29.1 Å². The number of ether oxygens (including phenoxy) is 3. The number of nitrogens with one attached hydrogen (secondary N) is 2. The Morgan fingerprint density at radius 1 is 0.917 bits per heavy atom. The molecular formula is C26H29N3O6S. The summed E-state index contributed by atoms with van der Waals surface area (Å²) in [5, 5.41) is 5.64. The minimum atomic E-state index is -3.73. The predicted molar refractivity (Wildman–Crippen MR) is 138 cm³/mol. The molecule has 3 aromatic rings. The van der Waals surface area contributed by atoms with Gasteiger partial charge in [-0.3, -0.25) is 4.31 Å². The molecule has 0 unspecified atom stereocenters. The lowest BCUT2D eigenvalue weighted by Crippen LogP contribution is -2.35. The second-order valence-electron chi connectivity index (χ2n) is 8.20. The van der Waals surface area contributed by atoms with Crippen LogP contribution in [0.15, 0.2) is 65.6 Å². The van der Waals surface area contributed by atoms with Crippen molar-refractivity contribution < 1.29 is 27.4 Å². The lowest BCUT2D eigenvalue weighted by molar-refractivity contribution is 0.251. The number of carbonyl (C=O) groups excluding carboxylic acids is 1. The van der Waals surface area contributed by atoms with E-state index in [4.69, 9.17) is 14.2 Å². The van der Waals surface area contributed by atoms with E-state index in [0.717, 1.165) is 11.1 Å². The van der Waals surface area contributed by atoms with Gasteiger partial charge in [0.15, 0.2) is 11.5 Å². The van der Waals surface area contributed by atoms with Gasteiger partial charge in [-0.25, -0.2) is 13.2 Å². The zero-order chi connectivity index (χ0) is 25.7. The highest BCUT2D eigenvalue weighted by atomic mass is 32.2. The SMILES string of the molecule is COc1ccc(S(=O)(=O)N2CCCc3cc(NC(=O)NCc4ccc(OC)c(OC)c4)ccc32)cc1. The van der Waals surface area contributed by atoms with Crippen molar-refractivity contribution in [3.05, 3.63) is 71.8 Å². The van der Waals surface area contributed by atoms with Gasteiger partial charge in [-0.1, -0.05) is 6.07 Å². The lowest BCUT2D eigenvalue weighted by Gasteiger charge is -2.31. The number of aryl methyl sites for hydroxylation is 1. The summed E-state index contributed by atoms with van der Waals surface area (Å²) >= 11 is 0. The first-order valence-corrected chi connectivity index (χ1v) is 12.8. The number of rotatable bonds is 8. The summed E-state index contributed by atoms with van der Waals surface area (Å²) < 4.78 is 43.7. The molecule has 0 aliphatic carbocycles. The number of hydrogen-bond acceptors (Lipinski definition) is 6. The zero-order valence-corrected chi connectivity index (χ0v) is 21.2. The minimum absolute atomic E-state index is 0.202. The van der Waals surface area contributed by atoms with Crippen LogP contribution in [0.4, 0.5) is 16.2 Å². The van der Waals surface area contributed by atoms with Gasteiger partial charge in [-0.05, 0) is 78.6 Å². The van der Waals surface area contributed by atoms with E-state index in [2.05, 4.69) is 10.6 Å². The molecule has 190 valence electrons. The first-order valence-electron chi connectivity index (χ1n) is 11.4. The standard InChI is InChI=1S/C26H29N3O6S/c1-33-21-8-10-22(11-9-21)36(31,32)29-14-4-5-19-16-20(7-12-23(19)29)28-26(30)27-17-18-6-13-24(34-2)25(15-18)35-3/h6-13,15-16H,4-5,14,17H2,1-3H3,(H2,27,28,30). The van der Waals surface area contributed by atoms with Crippen molar-refractivity contribution in [1.29, 1.82) is 0 Å². The fourth-order valence-corrected chi connectivity index (χ4v) is 5.65. The molecule has 2 N–H and O–H groups in total. The van der Waals surface area contributed by atoms with Crippen LogP contribution in [0.25, 0.3) is 0 Å². The number of anilines is 2. The van der Waals surface area contributed by atoms with Gasteiger partial charge in [-0.2, -0.15) is 0 Å². The second kappa shape index (κ2) is 10.8. The summed E-state index contributed by atoms with van der Waals surface area (Å²) in [7, 11) is 0.928. The first kappa shape index (κ1) is 25.2. The molecule has 1 aliphatic heterocycles. The molecule has 1 aliphatic rings. The quantitative estimate of drug-likeness (QED) is 0.470. The highest BCUT2D eigenvalue weighted by molar-refractivity contribution is 7.92. The molecule has 0 bridgehead atoms. The van der Waals surface area contributed by atoms with Crippen molar-refractivity contribution in [2.45, 2.75) is 24.3 Å². The fourth-order valence-electron chi connectivity index (χ4n) is 4.11. The average molecular weight is 512 g/mol. The summed E-state index contributed by atoms with van der Waals surface area (Å²) in [5.74, 6) is 1.79. The van der Waals surface area contributed by atoms with Gasteiger partial charge >= 0.3 is 6.03 Å². The molecule has 1 heterocycles. The smallest absolute Gasteiger partial charge is 0.319 e. The van der Waals surface area contributed by atoms with Crippen LogP contribution in [-0.2, 0) is 23.0 Å². The van der Waals surface area contributed by atoms with E-state index in [9.17, 15) is 13.2 Å². The van der Waals surface area contributed by atoms with Crippen molar-refractivity contribution in [2.24, 2.45) is 0 Å². The maximum atomic E-state index is 13.3. The number of fused-ring (bicyclic) bond motifs is 1. The van der Waals surface area contributed by atoms with Crippen molar-refractivity contribution in [3.63, 3.8) is 0 Å². The van der Waals surface area contributed by atoms with Crippen LogP contribution in [0.5, 0.6) is 17.2 Å². The number of hydrogen-bond donors (Lipinski definition) is 2. The molecule has 10 heteroatoms. The Kier molecular flexibility index (Phi) is 7.54. The van der Waals surface area contributed by atoms with Crippen molar-refractivity contribution in [2.75, 3.05) is 37.5 Å². The largest absolute Gasteiger partial charge is 0.497 e. The third-order valence-corrected chi connectivity index (χ3v) is 7.79. The first-order chi connectivity index (χ1) is 17.3. The van der Waals surface area contributed by atoms with Gasteiger partial charge in [0.2, 0.25) is 0 Å². The molecule has 0 radical (unpaired) electrons. The number of urea groups is 1. The molecule has 0 saturated carbocycles. The van der Waals surface area contributed by atoms with Gasteiger partial charge < -0.3 is 24.8 Å². The van der Waals surface area contributed by atoms with Crippen molar-refractivity contribution in [1.82, 2.24) is 5.32 Å². The number of carbonyl (C=O) groups is 1. The molecule has 9 nitrogen and oxygen atoms in total. The van der Waals surface area contributed by atoms with E-state index in [1.807, 2.05) is 12.1 Å². The van der Waals surface area contributed by atoms with Crippen LogP contribution in [0.2, 0.25) is 0 Å². The van der Waals surface area contributed by atoms with Crippen molar-refractivity contribution in [3.8, 4) is 17.2 Å². The topological polar surface area (TPSA) is 106 Å². The van der Waals surface area contributed by atoms with Gasteiger partial charge in [0.05, 0.1) is 31.9 Å². The summed E-state index contributed by atoms with van der Waals surface area (Å²) in [6.07, 6.45) is 1.39. The monoisotopic (exact) mass is 511 g/mol. The van der Waals surface area contributed by atoms with E-state index in [0.29, 0.717) is 54.6 Å². The maximum Gasteiger partial charge on any atom is 0.319 e. The van der Waals surface area contributed by atoms with Gasteiger partial charge in [0.1, 0.15) is 5.75 Å². The highest BCUT2D eigenvalue weighted by Gasteiger charge is 2.29. The number of methoxy groups -OCH3 is 3. The molecule has 2 amide bonds. The molecule has 0 fully saturated rings. The molecule has 0 aromatic heterocycles. The van der Waals surface area contributed by atoms with E-state index >= 15 is 0 Å².